The zero-order valence-electron chi connectivity index (χ0n) is 11.7. The molecule has 2 N–H and O–H groups in total. The Balaban J connectivity index is 1.54. The molecule has 0 radical (unpaired) electrons. The van der Waals surface area contributed by atoms with Crippen molar-refractivity contribution in [1.82, 2.24) is 15.5 Å². The molecule has 2 atom stereocenters. The summed E-state index contributed by atoms with van der Waals surface area (Å²) in [4.78, 5) is 7.22. The van der Waals surface area contributed by atoms with Crippen molar-refractivity contribution in [3.8, 4) is 0 Å². The Kier molecular flexibility index (Phi) is 3.46. The van der Waals surface area contributed by atoms with Crippen LogP contribution in [-0.2, 0) is 0 Å². The number of nitrogens with one attached hydrogen (secondary N) is 2. The van der Waals surface area contributed by atoms with E-state index in [0.29, 0.717) is 12.1 Å². The second-order valence-electron chi connectivity index (χ2n) is 6.15. The summed E-state index contributed by atoms with van der Waals surface area (Å²) < 4.78 is 0. The molecule has 0 bridgehead atoms. The molecule has 0 aromatic heterocycles. The van der Waals surface area contributed by atoms with Crippen LogP contribution in [0.4, 0.5) is 0 Å². The summed E-state index contributed by atoms with van der Waals surface area (Å²) in [6.07, 6.45) is 5.43. The SMILES string of the molecule is CCN=C(NC1CC1)NC1CN(C2CC2)CC1C. The lowest BCUT2D eigenvalue weighted by molar-refractivity contribution is 0.315. The van der Waals surface area contributed by atoms with Gasteiger partial charge in [0.1, 0.15) is 0 Å². The molecule has 1 saturated heterocycles. The zero-order chi connectivity index (χ0) is 12.5. The molecule has 2 unspecified atom stereocenters. The first kappa shape index (κ1) is 12.3. The standard InChI is InChI=1S/C14H26N4/c1-3-15-14(16-11-4-5-11)17-13-9-18(8-10(13)2)12-6-7-12/h10-13H,3-9H2,1-2H3,(H2,15,16,17). The monoisotopic (exact) mass is 250 g/mol. The van der Waals surface area contributed by atoms with Gasteiger partial charge < -0.3 is 10.6 Å². The normalized spacial score (nSPS) is 33.8. The quantitative estimate of drug-likeness (QED) is 0.581. The fourth-order valence-corrected chi connectivity index (χ4v) is 2.82. The predicted octanol–water partition coefficient (Wildman–Crippen LogP) is 1.19. The highest BCUT2D eigenvalue weighted by Gasteiger charge is 2.38. The number of rotatable bonds is 4. The lowest BCUT2D eigenvalue weighted by Crippen LogP contribution is -2.47. The maximum absolute atomic E-state index is 4.56. The molecule has 3 rings (SSSR count). The van der Waals surface area contributed by atoms with E-state index in [-0.39, 0.29) is 0 Å². The number of hydrogen-bond donors (Lipinski definition) is 2. The van der Waals surface area contributed by atoms with Gasteiger partial charge in [0.05, 0.1) is 0 Å². The van der Waals surface area contributed by atoms with Crippen molar-refractivity contribution in [1.29, 1.82) is 0 Å². The van der Waals surface area contributed by atoms with Crippen LogP contribution in [-0.4, -0.2) is 48.6 Å². The molecule has 0 aromatic rings. The first-order chi connectivity index (χ1) is 8.76. The van der Waals surface area contributed by atoms with E-state index >= 15 is 0 Å². The van der Waals surface area contributed by atoms with Crippen molar-refractivity contribution >= 4 is 5.96 Å². The number of aliphatic imine (C=N–C) groups is 1. The van der Waals surface area contributed by atoms with E-state index in [0.717, 1.165) is 24.5 Å². The van der Waals surface area contributed by atoms with Crippen LogP contribution in [0.2, 0.25) is 0 Å². The molecule has 3 aliphatic rings. The van der Waals surface area contributed by atoms with E-state index in [1.54, 1.807) is 0 Å². The van der Waals surface area contributed by atoms with Crippen LogP contribution in [0.1, 0.15) is 39.5 Å². The minimum atomic E-state index is 0.571. The van der Waals surface area contributed by atoms with Gasteiger partial charge in [0.25, 0.3) is 0 Å². The number of nitrogens with zero attached hydrogens (tertiary/aromatic N) is 2. The maximum Gasteiger partial charge on any atom is 0.191 e. The Bertz CT molecular complexity index is 320. The third kappa shape index (κ3) is 2.97. The van der Waals surface area contributed by atoms with Crippen LogP contribution in [0.25, 0.3) is 0 Å². The molecular weight excluding hydrogens is 224 g/mol. The highest BCUT2D eigenvalue weighted by atomic mass is 15.3. The van der Waals surface area contributed by atoms with E-state index in [1.165, 1.54) is 38.8 Å². The molecule has 4 nitrogen and oxygen atoms in total. The van der Waals surface area contributed by atoms with Gasteiger partial charge in [-0.1, -0.05) is 6.92 Å². The van der Waals surface area contributed by atoms with Gasteiger partial charge in [0, 0.05) is 37.8 Å². The van der Waals surface area contributed by atoms with E-state index in [9.17, 15) is 0 Å². The predicted molar refractivity (Wildman–Crippen MR) is 74.8 cm³/mol. The highest BCUT2D eigenvalue weighted by molar-refractivity contribution is 5.80. The van der Waals surface area contributed by atoms with Crippen LogP contribution < -0.4 is 10.6 Å². The van der Waals surface area contributed by atoms with Gasteiger partial charge in [-0.2, -0.15) is 0 Å². The van der Waals surface area contributed by atoms with E-state index in [4.69, 9.17) is 0 Å². The van der Waals surface area contributed by atoms with Gasteiger partial charge in [-0.05, 0) is 38.5 Å². The molecule has 2 saturated carbocycles. The summed E-state index contributed by atoms with van der Waals surface area (Å²) in [6, 6.07) is 2.14. The Labute approximate surface area is 110 Å². The van der Waals surface area contributed by atoms with Crippen molar-refractivity contribution in [2.24, 2.45) is 10.9 Å². The second kappa shape index (κ2) is 5.08. The fraction of sp³-hybridized carbons (Fsp3) is 0.929. The molecule has 1 heterocycles. The van der Waals surface area contributed by atoms with Crippen molar-refractivity contribution in [3.63, 3.8) is 0 Å². The maximum atomic E-state index is 4.56. The summed E-state index contributed by atoms with van der Waals surface area (Å²) >= 11 is 0. The molecule has 3 fully saturated rings. The zero-order valence-corrected chi connectivity index (χ0v) is 11.7. The van der Waals surface area contributed by atoms with E-state index < -0.39 is 0 Å². The Morgan fingerprint density at radius 2 is 1.94 bits per heavy atom. The summed E-state index contributed by atoms with van der Waals surface area (Å²) in [5.74, 6) is 1.77. The highest BCUT2D eigenvalue weighted by Crippen LogP contribution is 2.31. The van der Waals surface area contributed by atoms with Gasteiger partial charge in [-0.25, -0.2) is 0 Å². The second-order valence-corrected chi connectivity index (χ2v) is 6.15. The molecular formula is C14H26N4. The molecule has 1 aliphatic heterocycles. The fourth-order valence-electron chi connectivity index (χ4n) is 2.82. The molecule has 0 spiro atoms. The Morgan fingerprint density at radius 3 is 2.56 bits per heavy atom. The van der Waals surface area contributed by atoms with Gasteiger partial charge in [-0.3, -0.25) is 9.89 Å². The first-order valence-electron chi connectivity index (χ1n) is 7.58. The number of likely N-dealkylation sites (tertiary alicyclic amines) is 1. The van der Waals surface area contributed by atoms with Gasteiger partial charge in [0.2, 0.25) is 0 Å². The van der Waals surface area contributed by atoms with Crippen molar-refractivity contribution in [2.75, 3.05) is 19.6 Å². The van der Waals surface area contributed by atoms with Gasteiger partial charge >= 0.3 is 0 Å². The van der Waals surface area contributed by atoms with Crippen molar-refractivity contribution in [3.05, 3.63) is 0 Å². The van der Waals surface area contributed by atoms with Gasteiger partial charge in [-0.15, -0.1) is 0 Å². The van der Waals surface area contributed by atoms with Crippen LogP contribution >= 0.6 is 0 Å². The Hall–Kier alpha value is -0.770. The topological polar surface area (TPSA) is 39.7 Å². The Morgan fingerprint density at radius 1 is 1.17 bits per heavy atom. The van der Waals surface area contributed by atoms with Crippen LogP contribution in [0.5, 0.6) is 0 Å². The van der Waals surface area contributed by atoms with Crippen molar-refractivity contribution < 1.29 is 0 Å². The summed E-state index contributed by atoms with van der Waals surface area (Å²) in [5.41, 5.74) is 0. The van der Waals surface area contributed by atoms with E-state index in [1.807, 2.05) is 0 Å². The number of guanidine groups is 1. The summed E-state index contributed by atoms with van der Waals surface area (Å²) in [5, 5.41) is 7.17. The van der Waals surface area contributed by atoms with Crippen LogP contribution in [0.3, 0.4) is 0 Å². The summed E-state index contributed by atoms with van der Waals surface area (Å²) in [7, 11) is 0. The van der Waals surface area contributed by atoms with Gasteiger partial charge in [0.15, 0.2) is 5.96 Å². The third-order valence-corrected chi connectivity index (χ3v) is 4.26. The van der Waals surface area contributed by atoms with Crippen molar-refractivity contribution in [2.45, 2.75) is 57.7 Å². The summed E-state index contributed by atoms with van der Waals surface area (Å²) in [6.45, 7) is 7.77. The lowest BCUT2D eigenvalue weighted by Gasteiger charge is -2.20. The minimum Gasteiger partial charge on any atom is -0.354 e. The molecule has 2 aliphatic carbocycles. The third-order valence-electron chi connectivity index (χ3n) is 4.26. The molecule has 0 amide bonds. The first-order valence-corrected chi connectivity index (χ1v) is 7.58. The average Bonchev–Trinajstić information content (AvgIpc) is 3.22. The lowest BCUT2D eigenvalue weighted by atomic mass is 10.1. The number of hydrogen-bond acceptors (Lipinski definition) is 2. The molecule has 4 heteroatoms. The average molecular weight is 250 g/mol. The minimum absolute atomic E-state index is 0.571. The van der Waals surface area contributed by atoms with Crippen LogP contribution in [0, 0.1) is 5.92 Å². The largest absolute Gasteiger partial charge is 0.354 e. The molecule has 0 aromatic carbocycles. The van der Waals surface area contributed by atoms with Crippen LogP contribution in [0.15, 0.2) is 4.99 Å². The van der Waals surface area contributed by atoms with E-state index in [2.05, 4.69) is 34.4 Å². The molecule has 18 heavy (non-hydrogen) atoms. The smallest absolute Gasteiger partial charge is 0.191 e. The molecule has 102 valence electrons.